The van der Waals surface area contributed by atoms with Gasteiger partial charge in [-0.05, 0) is 31.5 Å². The van der Waals surface area contributed by atoms with Gasteiger partial charge in [-0.15, -0.1) is 0 Å². The molecule has 2 amide bonds. The van der Waals surface area contributed by atoms with Crippen LogP contribution in [0.25, 0.3) is 0 Å². The Morgan fingerprint density at radius 2 is 2.04 bits per heavy atom. The highest BCUT2D eigenvalue weighted by atomic mass is 16.5. The van der Waals surface area contributed by atoms with Gasteiger partial charge >= 0.3 is 0 Å². The minimum absolute atomic E-state index is 0.0368. The number of unbranched alkanes of at least 4 members (excludes halogenated alkanes) is 1. The summed E-state index contributed by atoms with van der Waals surface area (Å²) in [6.07, 6.45) is 1.46. The second-order valence-electron chi connectivity index (χ2n) is 6.99. The lowest BCUT2D eigenvalue weighted by atomic mass is 9.95. The summed E-state index contributed by atoms with van der Waals surface area (Å²) >= 11 is 0. The molecule has 2 rings (SSSR count). The summed E-state index contributed by atoms with van der Waals surface area (Å²) in [5.41, 5.74) is 0.933. The molecule has 0 radical (unpaired) electrons. The second kappa shape index (κ2) is 6.60. The zero-order valence-electron chi connectivity index (χ0n) is 14.6. The number of fused-ring (bicyclic) bond motifs is 1. The van der Waals surface area contributed by atoms with E-state index in [0.717, 1.165) is 18.5 Å². The molecule has 0 aromatic heterocycles. The van der Waals surface area contributed by atoms with Gasteiger partial charge in [0.25, 0.3) is 5.91 Å². The Morgan fingerprint density at radius 1 is 1.35 bits per heavy atom. The molecule has 1 aliphatic heterocycles. The number of nitrogens with one attached hydrogen (secondary N) is 1. The Balaban J connectivity index is 2.30. The van der Waals surface area contributed by atoms with Crippen LogP contribution in [0.15, 0.2) is 18.2 Å². The number of ether oxygens (including phenoxy) is 1. The van der Waals surface area contributed by atoms with E-state index in [4.69, 9.17) is 4.74 Å². The summed E-state index contributed by atoms with van der Waals surface area (Å²) in [6.45, 7) is 10.1. The van der Waals surface area contributed by atoms with Crippen molar-refractivity contribution in [1.82, 2.24) is 0 Å². The summed E-state index contributed by atoms with van der Waals surface area (Å²) in [6, 6.07) is 5.44. The van der Waals surface area contributed by atoms with Gasteiger partial charge in [0.2, 0.25) is 5.91 Å². The van der Waals surface area contributed by atoms with E-state index in [0.29, 0.717) is 18.0 Å². The fraction of sp³-hybridized carbons (Fsp3) is 0.556. The van der Waals surface area contributed by atoms with Crippen molar-refractivity contribution in [3.05, 3.63) is 18.2 Å². The number of hydrogen-bond acceptors (Lipinski definition) is 3. The molecule has 0 bridgehead atoms. The van der Waals surface area contributed by atoms with Crippen LogP contribution in [0.4, 0.5) is 11.4 Å². The number of amides is 2. The van der Waals surface area contributed by atoms with Crippen molar-refractivity contribution in [2.45, 2.75) is 53.6 Å². The maximum Gasteiger partial charge on any atom is 0.267 e. The van der Waals surface area contributed by atoms with Crippen LogP contribution in [0.2, 0.25) is 0 Å². The van der Waals surface area contributed by atoms with Gasteiger partial charge in [0, 0.05) is 17.6 Å². The van der Waals surface area contributed by atoms with Crippen LogP contribution in [-0.4, -0.2) is 24.5 Å². The van der Waals surface area contributed by atoms with Crippen LogP contribution >= 0.6 is 0 Å². The molecule has 0 fully saturated rings. The normalized spacial score (nSPS) is 17.5. The molecule has 1 aromatic rings. The van der Waals surface area contributed by atoms with E-state index in [9.17, 15) is 9.59 Å². The van der Waals surface area contributed by atoms with Gasteiger partial charge in [-0.1, -0.05) is 34.1 Å². The molecule has 5 nitrogen and oxygen atoms in total. The Hall–Kier alpha value is -2.04. The number of carbonyl (C=O) groups excluding carboxylic acids is 2. The summed E-state index contributed by atoms with van der Waals surface area (Å²) < 4.78 is 5.68. The zero-order chi connectivity index (χ0) is 17.2. The smallest absolute Gasteiger partial charge is 0.267 e. The van der Waals surface area contributed by atoms with Gasteiger partial charge in [-0.2, -0.15) is 0 Å². The first-order valence-corrected chi connectivity index (χ1v) is 8.17. The van der Waals surface area contributed by atoms with Gasteiger partial charge in [-0.3, -0.25) is 9.59 Å². The lowest BCUT2D eigenvalue weighted by Crippen LogP contribution is -2.44. The fourth-order valence-corrected chi connectivity index (χ4v) is 2.35. The molecule has 0 saturated carbocycles. The Morgan fingerprint density at radius 3 is 2.65 bits per heavy atom. The molecule has 126 valence electrons. The molecule has 1 heterocycles. The van der Waals surface area contributed by atoms with Crippen LogP contribution in [0.5, 0.6) is 5.75 Å². The van der Waals surface area contributed by atoms with E-state index in [1.54, 1.807) is 11.8 Å². The molecule has 1 unspecified atom stereocenters. The van der Waals surface area contributed by atoms with E-state index in [1.165, 1.54) is 0 Å². The Labute approximate surface area is 138 Å². The van der Waals surface area contributed by atoms with Crippen molar-refractivity contribution in [1.29, 1.82) is 0 Å². The zero-order valence-corrected chi connectivity index (χ0v) is 14.6. The monoisotopic (exact) mass is 318 g/mol. The average Bonchev–Trinajstić information content (AvgIpc) is 2.47. The molecule has 5 heteroatoms. The van der Waals surface area contributed by atoms with Gasteiger partial charge in [0.15, 0.2) is 6.10 Å². The molecular weight excluding hydrogens is 292 g/mol. The van der Waals surface area contributed by atoms with Crippen LogP contribution in [-0.2, 0) is 9.59 Å². The standard InChI is InChI=1S/C18H26N2O3/c1-6-7-10-20-14-11-13(19-17(22)18(3,4)5)8-9-15(14)23-12(2)16(20)21/h8-9,11-12H,6-7,10H2,1-5H3,(H,19,22). The number of nitrogens with zero attached hydrogens (tertiary/aromatic N) is 1. The van der Waals surface area contributed by atoms with Gasteiger partial charge in [0.1, 0.15) is 5.75 Å². The molecular formula is C18H26N2O3. The maximum atomic E-state index is 12.4. The van der Waals surface area contributed by atoms with Crippen molar-refractivity contribution < 1.29 is 14.3 Å². The molecule has 0 aliphatic carbocycles. The van der Waals surface area contributed by atoms with Crippen LogP contribution in [0, 0.1) is 5.41 Å². The van der Waals surface area contributed by atoms with Crippen LogP contribution in [0.1, 0.15) is 47.5 Å². The second-order valence-corrected chi connectivity index (χ2v) is 6.99. The topological polar surface area (TPSA) is 58.6 Å². The Bertz CT molecular complexity index is 605. The lowest BCUT2D eigenvalue weighted by Gasteiger charge is -2.33. The maximum absolute atomic E-state index is 12.4. The van der Waals surface area contributed by atoms with Crippen LogP contribution in [0.3, 0.4) is 0 Å². The highest BCUT2D eigenvalue weighted by Crippen LogP contribution is 2.36. The molecule has 1 N–H and O–H groups in total. The van der Waals surface area contributed by atoms with Crippen molar-refractivity contribution >= 4 is 23.2 Å². The molecule has 0 spiro atoms. The first-order chi connectivity index (χ1) is 10.7. The predicted molar refractivity (Wildman–Crippen MR) is 91.9 cm³/mol. The van der Waals surface area contributed by atoms with Crippen molar-refractivity contribution in [3.8, 4) is 5.75 Å². The third-order valence-electron chi connectivity index (χ3n) is 3.84. The summed E-state index contributed by atoms with van der Waals surface area (Å²) in [7, 11) is 0. The minimum atomic E-state index is -0.477. The quantitative estimate of drug-likeness (QED) is 0.923. The largest absolute Gasteiger partial charge is 0.479 e. The lowest BCUT2D eigenvalue weighted by molar-refractivity contribution is -0.125. The van der Waals surface area contributed by atoms with Crippen LogP contribution < -0.4 is 15.0 Å². The highest BCUT2D eigenvalue weighted by molar-refractivity contribution is 6.01. The third-order valence-corrected chi connectivity index (χ3v) is 3.84. The number of anilines is 2. The molecule has 0 saturated heterocycles. The van der Waals surface area contributed by atoms with E-state index >= 15 is 0 Å². The van der Waals surface area contributed by atoms with E-state index in [2.05, 4.69) is 12.2 Å². The summed E-state index contributed by atoms with van der Waals surface area (Å²) in [4.78, 5) is 26.3. The van der Waals surface area contributed by atoms with Gasteiger partial charge in [-0.25, -0.2) is 0 Å². The highest BCUT2D eigenvalue weighted by Gasteiger charge is 2.31. The molecule has 1 aromatic carbocycles. The molecule has 23 heavy (non-hydrogen) atoms. The molecule has 1 atom stereocenters. The predicted octanol–water partition coefficient (Wildman–Crippen LogP) is 3.59. The minimum Gasteiger partial charge on any atom is -0.479 e. The number of rotatable bonds is 4. The first-order valence-electron chi connectivity index (χ1n) is 8.17. The number of benzene rings is 1. The summed E-state index contributed by atoms with van der Waals surface area (Å²) in [5, 5.41) is 2.90. The van der Waals surface area contributed by atoms with Gasteiger partial charge < -0.3 is 15.0 Å². The third kappa shape index (κ3) is 3.84. The average molecular weight is 318 g/mol. The summed E-state index contributed by atoms with van der Waals surface area (Å²) in [5.74, 6) is 0.584. The van der Waals surface area contributed by atoms with Crippen molar-refractivity contribution in [2.24, 2.45) is 5.41 Å². The Kier molecular flexibility index (Phi) is 4.97. The van der Waals surface area contributed by atoms with E-state index < -0.39 is 11.5 Å². The SMILES string of the molecule is CCCCN1C(=O)C(C)Oc2ccc(NC(=O)C(C)(C)C)cc21. The molecule has 1 aliphatic rings. The van der Waals surface area contributed by atoms with Gasteiger partial charge in [0.05, 0.1) is 5.69 Å². The van der Waals surface area contributed by atoms with E-state index in [1.807, 2.05) is 39.0 Å². The van der Waals surface area contributed by atoms with Crippen molar-refractivity contribution in [3.63, 3.8) is 0 Å². The van der Waals surface area contributed by atoms with Crippen molar-refractivity contribution in [2.75, 3.05) is 16.8 Å². The first kappa shape index (κ1) is 17.3. The van der Waals surface area contributed by atoms with E-state index in [-0.39, 0.29) is 11.8 Å². The fourth-order valence-electron chi connectivity index (χ4n) is 2.35. The number of hydrogen-bond donors (Lipinski definition) is 1. The number of carbonyl (C=O) groups is 2.